The van der Waals surface area contributed by atoms with Crippen LogP contribution in [0.4, 0.5) is 0 Å². The SMILES string of the molecule is Cc1ccc2[nH]c(=S)n(-c3ccc(Cc4ccc(-n5c(=S)[nH]c6ccc(C)cc6c5=O)cc4)cc3)c(=O)c2c1. The van der Waals surface area contributed by atoms with Gasteiger partial charge in [-0.25, -0.2) is 0 Å². The summed E-state index contributed by atoms with van der Waals surface area (Å²) in [6, 6.07) is 27.0. The zero-order chi connectivity index (χ0) is 27.3. The van der Waals surface area contributed by atoms with Crippen molar-refractivity contribution < 1.29 is 0 Å². The van der Waals surface area contributed by atoms with Gasteiger partial charge in [0.1, 0.15) is 0 Å². The van der Waals surface area contributed by atoms with Gasteiger partial charge in [0.25, 0.3) is 11.1 Å². The number of hydrogen-bond donors (Lipinski definition) is 2. The van der Waals surface area contributed by atoms with Crippen LogP contribution >= 0.6 is 24.4 Å². The van der Waals surface area contributed by atoms with E-state index in [4.69, 9.17) is 24.4 Å². The third kappa shape index (κ3) is 4.58. The number of nitrogens with zero attached hydrogens (tertiary/aromatic N) is 2. The standard InChI is InChI=1S/C31H24N4O2S2/c1-18-3-13-26-24(15-18)28(36)34(30(38)32-26)22-9-5-20(6-10-22)17-21-7-11-23(12-8-21)35-29(37)25-16-19(2)4-14-27(25)33-31(35)39/h3-16H,17H2,1-2H3,(H,32,38)(H,33,39). The molecule has 6 aromatic rings. The Hall–Kier alpha value is -4.40. The number of aromatic amines is 2. The lowest BCUT2D eigenvalue weighted by molar-refractivity contribution is 0.936. The fraction of sp³-hybridized carbons (Fsp3) is 0.0968. The van der Waals surface area contributed by atoms with Gasteiger partial charge < -0.3 is 9.97 Å². The van der Waals surface area contributed by atoms with E-state index in [0.717, 1.165) is 33.3 Å². The van der Waals surface area contributed by atoms with Gasteiger partial charge in [-0.15, -0.1) is 0 Å². The predicted octanol–water partition coefficient (Wildman–Crippen LogP) is 6.62. The second-order valence-electron chi connectivity index (χ2n) is 9.75. The minimum atomic E-state index is -0.141. The van der Waals surface area contributed by atoms with Crippen molar-refractivity contribution >= 4 is 46.2 Å². The average molecular weight is 549 g/mol. The first-order valence-electron chi connectivity index (χ1n) is 12.5. The molecule has 0 unspecified atom stereocenters. The Kier molecular flexibility index (Phi) is 6.21. The number of aromatic nitrogens is 4. The van der Waals surface area contributed by atoms with Gasteiger partial charge in [-0.2, -0.15) is 0 Å². The third-order valence-electron chi connectivity index (χ3n) is 6.90. The molecule has 8 heteroatoms. The van der Waals surface area contributed by atoms with Crippen molar-refractivity contribution in [3.63, 3.8) is 0 Å². The maximum Gasteiger partial charge on any atom is 0.266 e. The lowest BCUT2D eigenvalue weighted by Crippen LogP contribution is -2.20. The highest BCUT2D eigenvalue weighted by molar-refractivity contribution is 7.71. The van der Waals surface area contributed by atoms with E-state index in [1.807, 2.05) is 98.8 Å². The molecule has 4 aromatic carbocycles. The van der Waals surface area contributed by atoms with Crippen molar-refractivity contribution in [2.24, 2.45) is 0 Å². The van der Waals surface area contributed by atoms with Crippen molar-refractivity contribution in [1.29, 1.82) is 0 Å². The quantitative estimate of drug-likeness (QED) is 0.243. The second-order valence-corrected chi connectivity index (χ2v) is 10.5. The zero-order valence-corrected chi connectivity index (χ0v) is 23.0. The summed E-state index contributed by atoms with van der Waals surface area (Å²) >= 11 is 11.0. The number of aryl methyl sites for hydroxylation is 2. The van der Waals surface area contributed by atoms with Crippen LogP contribution in [-0.4, -0.2) is 19.1 Å². The van der Waals surface area contributed by atoms with E-state index in [9.17, 15) is 9.59 Å². The topological polar surface area (TPSA) is 75.6 Å². The van der Waals surface area contributed by atoms with Crippen LogP contribution in [0, 0.1) is 23.4 Å². The number of benzene rings is 4. The zero-order valence-electron chi connectivity index (χ0n) is 21.3. The maximum atomic E-state index is 13.2. The molecule has 0 amide bonds. The van der Waals surface area contributed by atoms with Crippen molar-refractivity contribution in [2.45, 2.75) is 20.3 Å². The van der Waals surface area contributed by atoms with Crippen molar-refractivity contribution in [2.75, 3.05) is 0 Å². The predicted molar refractivity (Wildman–Crippen MR) is 162 cm³/mol. The van der Waals surface area contributed by atoms with E-state index < -0.39 is 0 Å². The summed E-state index contributed by atoms with van der Waals surface area (Å²) in [5, 5.41) is 1.21. The third-order valence-corrected chi connectivity index (χ3v) is 7.47. The van der Waals surface area contributed by atoms with Gasteiger partial charge in [0.05, 0.1) is 33.2 Å². The maximum absolute atomic E-state index is 13.2. The normalized spacial score (nSPS) is 11.3. The summed E-state index contributed by atoms with van der Waals surface area (Å²) in [6.07, 6.45) is 0.692. The molecule has 0 saturated carbocycles. The van der Waals surface area contributed by atoms with Gasteiger partial charge in [0.15, 0.2) is 9.54 Å². The van der Waals surface area contributed by atoms with Crippen molar-refractivity contribution in [3.05, 3.63) is 137 Å². The average Bonchev–Trinajstić information content (AvgIpc) is 2.92. The van der Waals surface area contributed by atoms with E-state index in [1.54, 1.807) is 0 Å². The number of nitrogens with one attached hydrogen (secondary N) is 2. The lowest BCUT2D eigenvalue weighted by Gasteiger charge is -2.11. The lowest BCUT2D eigenvalue weighted by atomic mass is 10.0. The highest BCUT2D eigenvalue weighted by atomic mass is 32.1. The van der Waals surface area contributed by atoms with Gasteiger partial charge in [-0.05, 0) is 104 Å². The Morgan fingerprint density at radius 2 is 0.974 bits per heavy atom. The Balaban J connectivity index is 1.28. The number of hydrogen-bond acceptors (Lipinski definition) is 4. The number of rotatable bonds is 4. The minimum Gasteiger partial charge on any atom is -0.331 e. The molecular weight excluding hydrogens is 525 g/mol. The van der Waals surface area contributed by atoms with Crippen LogP contribution in [-0.2, 0) is 6.42 Å². The number of H-pyrrole nitrogens is 2. The minimum absolute atomic E-state index is 0.141. The molecule has 2 N–H and O–H groups in total. The van der Waals surface area contributed by atoms with Gasteiger partial charge in [-0.3, -0.25) is 18.7 Å². The summed E-state index contributed by atoms with van der Waals surface area (Å²) < 4.78 is 3.78. The summed E-state index contributed by atoms with van der Waals surface area (Å²) in [4.78, 5) is 32.7. The van der Waals surface area contributed by atoms with Gasteiger partial charge in [0, 0.05) is 0 Å². The van der Waals surface area contributed by atoms with Crippen LogP contribution in [0.2, 0.25) is 0 Å². The van der Waals surface area contributed by atoms with Crippen LogP contribution in [0.15, 0.2) is 94.5 Å². The van der Waals surface area contributed by atoms with Gasteiger partial charge in [-0.1, -0.05) is 47.5 Å². The van der Waals surface area contributed by atoms with Gasteiger partial charge >= 0.3 is 0 Å². The Morgan fingerprint density at radius 3 is 1.36 bits per heavy atom. The van der Waals surface area contributed by atoms with E-state index in [-0.39, 0.29) is 11.1 Å². The molecule has 0 radical (unpaired) electrons. The van der Waals surface area contributed by atoms with E-state index in [1.165, 1.54) is 9.13 Å². The first-order valence-corrected chi connectivity index (χ1v) is 13.3. The molecule has 0 atom stereocenters. The molecule has 39 heavy (non-hydrogen) atoms. The smallest absolute Gasteiger partial charge is 0.266 e. The summed E-state index contributed by atoms with van der Waals surface area (Å²) in [5.41, 5.74) is 6.80. The molecule has 0 aliphatic heterocycles. The fourth-order valence-corrected chi connectivity index (χ4v) is 5.48. The second kappa shape index (κ2) is 9.72. The molecule has 2 aromatic heterocycles. The molecule has 0 saturated heterocycles. The molecule has 0 bridgehead atoms. The molecule has 0 fully saturated rings. The Labute approximate surface area is 233 Å². The first-order chi connectivity index (χ1) is 18.8. The van der Waals surface area contributed by atoms with Gasteiger partial charge in [0.2, 0.25) is 0 Å². The van der Waals surface area contributed by atoms with Crippen molar-refractivity contribution in [3.8, 4) is 11.4 Å². The molecule has 0 spiro atoms. The summed E-state index contributed by atoms with van der Waals surface area (Å²) in [6.45, 7) is 3.92. The Morgan fingerprint density at radius 1 is 0.590 bits per heavy atom. The first kappa shape index (κ1) is 24.9. The monoisotopic (exact) mass is 548 g/mol. The van der Waals surface area contributed by atoms with Crippen molar-refractivity contribution in [1.82, 2.24) is 19.1 Å². The highest BCUT2D eigenvalue weighted by Gasteiger charge is 2.10. The molecule has 192 valence electrons. The largest absolute Gasteiger partial charge is 0.331 e. The van der Waals surface area contributed by atoms with Crippen LogP contribution in [0.1, 0.15) is 22.3 Å². The van der Waals surface area contributed by atoms with Crippen LogP contribution in [0.25, 0.3) is 33.2 Å². The number of fused-ring (bicyclic) bond motifs is 2. The molecule has 0 aliphatic carbocycles. The molecule has 2 heterocycles. The van der Waals surface area contributed by atoms with Crippen LogP contribution in [0.3, 0.4) is 0 Å². The molecular formula is C31H24N4O2S2. The highest BCUT2D eigenvalue weighted by Crippen LogP contribution is 2.18. The molecule has 6 rings (SSSR count). The van der Waals surface area contributed by atoms with E-state index in [0.29, 0.717) is 38.1 Å². The van der Waals surface area contributed by atoms with Crippen LogP contribution in [0.5, 0.6) is 0 Å². The fourth-order valence-electron chi connectivity index (χ4n) is 4.89. The summed E-state index contributed by atoms with van der Waals surface area (Å²) in [7, 11) is 0. The van der Waals surface area contributed by atoms with E-state index >= 15 is 0 Å². The molecule has 6 nitrogen and oxygen atoms in total. The Bertz CT molecular complexity index is 1980. The molecule has 0 aliphatic rings. The summed E-state index contributed by atoms with van der Waals surface area (Å²) in [5.74, 6) is 0. The van der Waals surface area contributed by atoms with E-state index in [2.05, 4.69) is 9.97 Å². The van der Waals surface area contributed by atoms with Crippen LogP contribution < -0.4 is 11.1 Å².